The normalized spacial score (nSPS) is 11.1. The summed E-state index contributed by atoms with van der Waals surface area (Å²) in [4.78, 5) is 0. The fourth-order valence-electron chi connectivity index (χ4n) is 1.84. The van der Waals surface area contributed by atoms with E-state index in [0.717, 1.165) is 5.56 Å². The molecule has 11 heteroatoms. The van der Waals surface area contributed by atoms with Crippen molar-refractivity contribution >= 4 is 10.1 Å². The summed E-state index contributed by atoms with van der Waals surface area (Å²) in [7, 11) is -2.01. The number of aliphatic hydroxyl groups is 1. The summed E-state index contributed by atoms with van der Waals surface area (Å²) < 4.78 is 42.9. The number of hydrogen-bond acceptors (Lipinski definition) is 6. The van der Waals surface area contributed by atoms with Gasteiger partial charge in [-0.1, -0.05) is 13.8 Å². The molecule has 0 radical (unpaired) electrons. The zero-order chi connectivity index (χ0) is 14.8. The van der Waals surface area contributed by atoms with Crippen molar-refractivity contribution in [2.24, 2.45) is 0 Å². The molecule has 0 aliphatic carbocycles. The van der Waals surface area contributed by atoms with Crippen LogP contribution in [0.2, 0.25) is 0 Å². The van der Waals surface area contributed by atoms with Gasteiger partial charge in [0.2, 0.25) is 0 Å². The van der Waals surface area contributed by atoms with Crippen LogP contribution in [0.3, 0.4) is 0 Å². The molecule has 1 aromatic carbocycles. The Morgan fingerprint density at radius 1 is 1.04 bits per heavy atom. The zero-order valence-electron chi connectivity index (χ0n) is 13.7. The van der Waals surface area contributed by atoms with Gasteiger partial charge in [-0.3, -0.25) is 0 Å². The molecule has 0 saturated heterocycles. The summed E-state index contributed by atoms with van der Waals surface area (Å²) in [6.07, 6.45) is 0. The summed E-state index contributed by atoms with van der Waals surface area (Å²) in [5.41, 5.74) is -1.48. The molecule has 1 atom stereocenters. The smallest absolute Gasteiger partial charge is 0.746 e. The van der Waals surface area contributed by atoms with E-state index < -0.39 is 15.6 Å². The van der Waals surface area contributed by atoms with Gasteiger partial charge in [0, 0.05) is 11.1 Å². The molecule has 23 heavy (non-hydrogen) atoms. The van der Waals surface area contributed by atoms with Crippen molar-refractivity contribution in [1.82, 2.24) is 0 Å². The number of methoxy groups -OCH3 is 2. The standard InChI is InChI=1S/C12H18O6S.Na.3H2O/c1-7(2)11-9(17-3)5-8(6-10(11)18-4)12(13)19(14,15)16;;;;/h5-7,12-13H,1-4H3,(H,14,15,16);;3*1H2/q;+1;;;/p-1. The maximum atomic E-state index is 10.9. The minimum absolute atomic E-state index is 0. The minimum atomic E-state index is -4.84. The average Bonchev–Trinajstić information content (AvgIpc) is 2.34. The maximum Gasteiger partial charge on any atom is 1.00 e. The van der Waals surface area contributed by atoms with Gasteiger partial charge in [-0.2, -0.15) is 0 Å². The summed E-state index contributed by atoms with van der Waals surface area (Å²) in [6, 6.07) is 2.66. The van der Waals surface area contributed by atoms with Crippen molar-refractivity contribution in [3.8, 4) is 11.5 Å². The first kappa shape index (κ1) is 30.5. The molecule has 7 N–H and O–H groups in total. The predicted octanol–water partition coefficient (Wildman–Crippen LogP) is -4.11. The molecule has 1 aromatic rings. The van der Waals surface area contributed by atoms with Crippen molar-refractivity contribution in [1.29, 1.82) is 0 Å². The molecule has 0 bridgehead atoms. The third-order valence-corrected chi connectivity index (χ3v) is 3.52. The fourth-order valence-corrected chi connectivity index (χ4v) is 2.31. The van der Waals surface area contributed by atoms with E-state index in [2.05, 4.69) is 0 Å². The molecule has 0 spiro atoms. The minimum Gasteiger partial charge on any atom is -0.746 e. The van der Waals surface area contributed by atoms with Gasteiger partial charge in [-0.05, 0) is 18.1 Å². The number of ether oxygens (including phenoxy) is 2. The molecular formula is C12H23NaO9S. The Kier molecular flexibility index (Phi) is 15.9. The zero-order valence-corrected chi connectivity index (χ0v) is 16.5. The molecule has 9 nitrogen and oxygen atoms in total. The number of aliphatic hydroxyl groups excluding tert-OH is 1. The van der Waals surface area contributed by atoms with Gasteiger partial charge < -0.3 is 35.6 Å². The number of benzene rings is 1. The second-order valence-corrected chi connectivity index (χ2v) is 5.77. The van der Waals surface area contributed by atoms with E-state index >= 15 is 0 Å². The van der Waals surface area contributed by atoms with Gasteiger partial charge in [0.25, 0.3) is 0 Å². The van der Waals surface area contributed by atoms with Crippen LogP contribution >= 0.6 is 0 Å². The van der Waals surface area contributed by atoms with Crippen molar-refractivity contribution in [3.63, 3.8) is 0 Å². The van der Waals surface area contributed by atoms with E-state index in [1.165, 1.54) is 26.4 Å². The molecule has 1 unspecified atom stereocenters. The first-order chi connectivity index (χ1) is 8.72. The summed E-state index contributed by atoms with van der Waals surface area (Å²) >= 11 is 0. The third-order valence-electron chi connectivity index (χ3n) is 2.70. The summed E-state index contributed by atoms with van der Waals surface area (Å²) in [5, 5.41) is 9.51. The molecule has 0 saturated carbocycles. The van der Waals surface area contributed by atoms with Crippen LogP contribution in [0.1, 0.15) is 36.3 Å². The fraction of sp³-hybridized carbons (Fsp3) is 0.500. The molecule has 1 rings (SSSR count). The van der Waals surface area contributed by atoms with Crippen molar-refractivity contribution in [2.75, 3.05) is 14.2 Å². The Labute approximate surface area is 157 Å². The Hall–Kier alpha value is -0.430. The van der Waals surface area contributed by atoms with Gasteiger partial charge in [0.05, 0.1) is 14.2 Å². The summed E-state index contributed by atoms with van der Waals surface area (Å²) in [6.45, 7) is 3.83. The molecular weight excluding hydrogens is 343 g/mol. The molecule has 0 amide bonds. The van der Waals surface area contributed by atoms with E-state index in [1.807, 2.05) is 13.8 Å². The Bertz CT molecular complexity index is 535. The van der Waals surface area contributed by atoms with E-state index in [1.54, 1.807) is 0 Å². The Morgan fingerprint density at radius 2 is 1.39 bits per heavy atom. The summed E-state index contributed by atoms with van der Waals surface area (Å²) in [5.74, 6) is 0.805. The predicted molar refractivity (Wildman–Crippen MR) is 79.1 cm³/mol. The van der Waals surface area contributed by atoms with Gasteiger partial charge in [0.1, 0.15) is 21.6 Å². The van der Waals surface area contributed by atoms with Crippen molar-refractivity contribution in [3.05, 3.63) is 23.3 Å². The first-order valence-corrected chi connectivity index (χ1v) is 7.08. The molecule has 0 heterocycles. The maximum absolute atomic E-state index is 10.9. The van der Waals surface area contributed by atoms with Crippen LogP contribution in [0.5, 0.6) is 11.5 Å². The van der Waals surface area contributed by atoms with E-state index in [-0.39, 0.29) is 57.5 Å². The SMILES string of the molecule is COc1cc(C(O)S(=O)(=O)[O-])cc(OC)c1C(C)C.O.O.O.[Na+]. The van der Waals surface area contributed by atoms with Gasteiger partial charge in [0.15, 0.2) is 5.44 Å². The second-order valence-electron chi connectivity index (χ2n) is 4.34. The van der Waals surface area contributed by atoms with Crippen LogP contribution in [-0.4, -0.2) is 48.7 Å². The largest absolute Gasteiger partial charge is 1.00 e. The van der Waals surface area contributed by atoms with Crippen LogP contribution in [-0.2, 0) is 10.1 Å². The average molecular weight is 366 g/mol. The molecule has 0 fully saturated rings. The van der Waals surface area contributed by atoms with Crippen LogP contribution in [0.15, 0.2) is 12.1 Å². The number of hydrogen-bond donors (Lipinski definition) is 1. The van der Waals surface area contributed by atoms with Crippen LogP contribution in [0.4, 0.5) is 0 Å². The molecule has 0 aliphatic rings. The third kappa shape index (κ3) is 7.33. The van der Waals surface area contributed by atoms with E-state index in [9.17, 15) is 18.1 Å². The molecule has 0 aliphatic heterocycles. The molecule has 0 aromatic heterocycles. The Balaban J connectivity index is -0.000000451. The van der Waals surface area contributed by atoms with Gasteiger partial charge in [-0.15, -0.1) is 0 Å². The van der Waals surface area contributed by atoms with E-state index in [4.69, 9.17) is 9.47 Å². The second kappa shape index (κ2) is 12.0. The quantitative estimate of drug-likeness (QED) is 0.406. The Morgan fingerprint density at radius 3 is 1.61 bits per heavy atom. The monoisotopic (exact) mass is 366 g/mol. The van der Waals surface area contributed by atoms with Gasteiger partial charge in [-0.25, -0.2) is 8.42 Å². The van der Waals surface area contributed by atoms with Crippen LogP contribution < -0.4 is 39.0 Å². The number of rotatable bonds is 5. The topological polar surface area (TPSA) is 190 Å². The van der Waals surface area contributed by atoms with Crippen molar-refractivity contribution < 1.29 is 73.5 Å². The van der Waals surface area contributed by atoms with Crippen LogP contribution in [0.25, 0.3) is 0 Å². The van der Waals surface area contributed by atoms with E-state index in [0.29, 0.717) is 11.5 Å². The van der Waals surface area contributed by atoms with Crippen molar-refractivity contribution in [2.45, 2.75) is 25.2 Å². The van der Waals surface area contributed by atoms with Crippen LogP contribution in [0, 0.1) is 0 Å². The van der Waals surface area contributed by atoms with Gasteiger partial charge >= 0.3 is 29.6 Å². The molecule has 132 valence electrons. The first-order valence-electron chi connectivity index (χ1n) is 5.61.